The first-order valence-corrected chi connectivity index (χ1v) is 10.9. The maximum Gasteiger partial charge on any atom is 0.137 e. The van der Waals surface area contributed by atoms with Gasteiger partial charge in [-0.2, -0.15) is 0 Å². The fourth-order valence-corrected chi connectivity index (χ4v) is 3.80. The van der Waals surface area contributed by atoms with Crippen LogP contribution in [0, 0.1) is 13.8 Å². The average Bonchev–Trinajstić information content (AvgIpc) is 2.74. The highest BCUT2D eigenvalue weighted by Gasteiger charge is 2.26. The molecule has 0 aliphatic carbocycles. The van der Waals surface area contributed by atoms with Gasteiger partial charge in [-0.25, -0.2) is 0 Å². The van der Waals surface area contributed by atoms with E-state index < -0.39 is 12.2 Å². The molecule has 2 aromatic carbocycles. The van der Waals surface area contributed by atoms with Gasteiger partial charge < -0.3 is 29.5 Å². The summed E-state index contributed by atoms with van der Waals surface area (Å²) in [5.74, 6) is 1.59. The molecular formula is C24H36N2O4+2. The molecule has 30 heavy (non-hydrogen) atoms. The molecule has 0 unspecified atom stereocenters. The van der Waals surface area contributed by atoms with Crippen molar-refractivity contribution >= 4 is 0 Å². The Morgan fingerprint density at radius 3 is 1.33 bits per heavy atom. The Morgan fingerprint density at radius 2 is 1.00 bits per heavy atom. The summed E-state index contributed by atoms with van der Waals surface area (Å²) < 4.78 is 11.4. The molecule has 1 aliphatic heterocycles. The third kappa shape index (κ3) is 7.61. The van der Waals surface area contributed by atoms with Gasteiger partial charge in [-0.1, -0.05) is 35.4 Å². The molecule has 0 bridgehead atoms. The highest BCUT2D eigenvalue weighted by atomic mass is 16.5. The number of aliphatic hydroxyl groups is 2. The van der Waals surface area contributed by atoms with Crippen molar-refractivity contribution in [1.29, 1.82) is 0 Å². The Morgan fingerprint density at radius 1 is 0.667 bits per heavy atom. The van der Waals surface area contributed by atoms with Crippen LogP contribution in [0.5, 0.6) is 11.5 Å². The Kier molecular flexibility index (Phi) is 8.51. The zero-order valence-corrected chi connectivity index (χ0v) is 18.1. The Bertz CT molecular complexity index is 677. The second-order valence-corrected chi connectivity index (χ2v) is 8.46. The van der Waals surface area contributed by atoms with E-state index in [1.54, 1.807) is 0 Å². The molecule has 0 spiro atoms. The minimum atomic E-state index is -0.476. The molecule has 0 saturated carbocycles. The fraction of sp³-hybridized carbons (Fsp3) is 0.500. The average molecular weight is 417 g/mol. The summed E-state index contributed by atoms with van der Waals surface area (Å²) in [6.07, 6.45) is -0.951. The first kappa shape index (κ1) is 22.6. The molecule has 2 aromatic rings. The van der Waals surface area contributed by atoms with Crippen LogP contribution in [0.4, 0.5) is 0 Å². The lowest BCUT2D eigenvalue weighted by Gasteiger charge is -2.31. The third-order valence-corrected chi connectivity index (χ3v) is 5.64. The van der Waals surface area contributed by atoms with E-state index in [2.05, 4.69) is 0 Å². The lowest BCUT2D eigenvalue weighted by Crippen LogP contribution is -3.29. The summed E-state index contributed by atoms with van der Waals surface area (Å²) in [5.41, 5.74) is 2.39. The van der Waals surface area contributed by atoms with E-state index in [0.717, 1.165) is 37.7 Å². The molecule has 1 aliphatic rings. The molecule has 0 radical (unpaired) electrons. The Balaban J connectivity index is 1.30. The number of aliphatic hydroxyl groups excluding tert-OH is 2. The van der Waals surface area contributed by atoms with Gasteiger partial charge in [-0.3, -0.25) is 0 Å². The molecule has 0 amide bonds. The summed E-state index contributed by atoms with van der Waals surface area (Å²) in [4.78, 5) is 2.79. The van der Waals surface area contributed by atoms with Crippen molar-refractivity contribution in [2.24, 2.45) is 0 Å². The van der Waals surface area contributed by atoms with E-state index in [4.69, 9.17) is 9.47 Å². The number of nitrogens with one attached hydrogen (secondary N) is 2. The largest absolute Gasteiger partial charge is 0.491 e. The number of hydrogen-bond donors (Lipinski definition) is 4. The van der Waals surface area contributed by atoms with E-state index in [9.17, 15) is 10.2 Å². The van der Waals surface area contributed by atoms with Crippen LogP contribution in [0.2, 0.25) is 0 Å². The quantitative estimate of drug-likeness (QED) is 0.412. The van der Waals surface area contributed by atoms with E-state index in [1.807, 2.05) is 62.4 Å². The predicted molar refractivity (Wildman–Crippen MR) is 116 cm³/mol. The van der Waals surface area contributed by atoms with Crippen molar-refractivity contribution in [3.63, 3.8) is 0 Å². The number of hydrogen-bond acceptors (Lipinski definition) is 4. The van der Waals surface area contributed by atoms with Crippen molar-refractivity contribution in [3.05, 3.63) is 59.7 Å². The molecule has 6 nitrogen and oxygen atoms in total. The number of quaternary nitrogens is 2. The van der Waals surface area contributed by atoms with Gasteiger partial charge in [0.05, 0.1) is 0 Å². The molecule has 6 heteroatoms. The second kappa shape index (κ2) is 11.3. The van der Waals surface area contributed by atoms with Gasteiger partial charge in [0.1, 0.15) is 76.2 Å². The molecule has 4 N–H and O–H groups in total. The maximum atomic E-state index is 10.3. The van der Waals surface area contributed by atoms with Gasteiger partial charge >= 0.3 is 0 Å². The van der Waals surface area contributed by atoms with Gasteiger partial charge in [0.25, 0.3) is 0 Å². The lowest BCUT2D eigenvalue weighted by molar-refractivity contribution is -1.01. The van der Waals surface area contributed by atoms with Crippen molar-refractivity contribution in [2.75, 3.05) is 52.5 Å². The molecule has 2 atom stereocenters. The molecule has 1 heterocycles. The van der Waals surface area contributed by atoms with E-state index in [0.29, 0.717) is 26.3 Å². The number of ether oxygens (including phenoxy) is 2. The van der Waals surface area contributed by atoms with Gasteiger partial charge in [0.2, 0.25) is 0 Å². The molecule has 164 valence electrons. The first-order chi connectivity index (χ1) is 14.5. The number of aryl methyl sites for hydroxylation is 2. The first-order valence-electron chi connectivity index (χ1n) is 10.9. The molecule has 3 rings (SSSR count). The predicted octanol–water partition coefficient (Wildman–Crippen LogP) is -0.734. The molecular weight excluding hydrogens is 380 g/mol. The number of piperazine rings is 1. The summed E-state index contributed by atoms with van der Waals surface area (Å²) in [6, 6.07) is 15.8. The van der Waals surface area contributed by atoms with Crippen LogP contribution in [-0.4, -0.2) is 74.9 Å². The van der Waals surface area contributed by atoms with Gasteiger partial charge in [0.15, 0.2) is 0 Å². The highest BCUT2D eigenvalue weighted by molar-refractivity contribution is 5.26. The van der Waals surface area contributed by atoms with Gasteiger partial charge in [-0.05, 0) is 38.1 Å². The minimum Gasteiger partial charge on any atom is -0.491 e. The normalized spacial score (nSPS) is 21.1. The summed E-state index contributed by atoms with van der Waals surface area (Å²) in [6.45, 7) is 10.1. The summed E-state index contributed by atoms with van der Waals surface area (Å²) in [7, 11) is 0. The van der Waals surface area contributed by atoms with Crippen LogP contribution in [0.3, 0.4) is 0 Å². The van der Waals surface area contributed by atoms with Crippen LogP contribution in [0.25, 0.3) is 0 Å². The molecule has 1 fully saturated rings. The fourth-order valence-electron chi connectivity index (χ4n) is 3.80. The van der Waals surface area contributed by atoms with Crippen LogP contribution < -0.4 is 19.3 Å². The van der Waals surface area contributed by atoms with Crippen LogP contribution in [0.15, 0.2) is 48.5 Å². The maximum absolute atomic E-state index is 10.3. The highest BCUT2D eigenvalue weighted by Crippen LogP contribution is 2.12. The van der Waals surface area contributed by atoms with Crippen molar-refractivity contribution in [2.45, 2.75) is 26.1 Å². The van der Waals surface area contributed by atoms with Crippen LogP contribution in [0.1, 0.15) is 11.1 Å². The monoisotopic (exact) mass is 416 g/mol. The third-order valence-electron chi connectivity index (χ3n) is 5.64. The number of rotatable bonds is 10. The van der Waals surface area contributed by atoms with Gasteiger partial charge in [0, 0.05) is 0 Å². The van der Waals surface area contributed by atoms with E-state index >= 15 is 0 Å². The topological polar surface area (TPSA) is 67.8 Å². The molecule has 0 aromatic heterocycles. The minimum absolute atomic E-state index is 0.318. The number of benzene rings is 2. The zero-order chi connectivity index (χ0) is 21.3. The van der Waals surface area contributed by atoms with Crippen molar-refractivity contribution < 1.29 is 29.5 Å². The molecule has 1 saturated heterocycles. The van der Waals surface area contributed by atoms with Crippen LogP contribution >= 0.6 is 0 Å². The Hall–Kier alpha value is -2.12. The lowest BCUT2D eigenvalue weighted by atomic mass is 10.2. The van der Waals surface area contributed by atoms with Gasteiger partial charge in [-0.15, -0.1) is 0 Å². The second-order valence-electron chi connectivity index (χ2n) is 8.46. The van der Waals surface area contributed by atoms with E-state index in [-0.39, 0.29) is 0 Å². The van der Waals surface area contributed by atoms with Crippen LogP contribution in [-0.2, 0) is 0 Å². The summed E-state index contributed by atoms with van der Waals surface area (Å²) in [5, 5.41) is 20.6. The summed E-state index contributed by atoms with van der Waals surface area (Å²) >= 11 is 0. The van der Waals surface area contributed by atoms with E-state index in [1.165, 1.54) is 20.9 Å². The standard InChI is InChI=1S/C24H34N2O4/c1-19-3-7-23(8-4-19)29-17-21(27)15-25-11-13-26(14-12-25)16-22(28)18-30-24-9-5-20(2)6-10-24/h3-10,21-22,27-28H,11-18H2,1-2H3/p+2/t21-,22-/m0/s1. The zero-order valence-electron chi connectivity index (χ0n) is 18.1. The van der Waals surface area contributed by atoms with Crippen molar-refractivity contribution in [3.8, 4) is 11.5 Å². The Labute approximate surface area is 179 Å². The SMILES string of the molecule is Cc1ccc(OC[C@@H](O)C[NH+]2CC[NH+](C[C@H](O)COc3ccc(C)cc3)CC2)cc1. The smallest absolute Gasteiger partial charge is 0.137 e. The van der Waals surface area contributed by atoms with Crippen molar-refractivity contribution in [1.82, 2.24) is 0 Å².